The van der Waals surface area contributed by atoms with E-state index in [9.17, 15) is 4.79 Å². The molecule has 1 aromatic carbocycles. The molecule has 0 bridgehead atoms. The van der Waals surface area contributed by atoms with Gasteiger partial charge in [-0.05, 0) is 25.0 Å². The molecule has 0 radical (unpaired) electrons. The van der Waals surface area contributed by atoms with Crippen LogP contribution in [0, 0.1) is 0 Å². The minimum absolute atomic E-state index is 0.0110. The van der Waals surface area contributed by atoms with E-state index in [1.807, 2.05) is 40.8 Å². The summed E-state index contributed by atoms with van der Waals surface area (Å²) < 4.78 is 1.91. The number of fused-ring (bicyclic) bond motifs is 1. The first-order valence-corrected chi connectivity index (χ1v) is 8.45. The van der Waals surface area contributed by atoms with Crippen LogP contribution in [-0.4, -0.2) is 43.9 Å². The van der Waals surface area contributed by atoms with Gasteiger partial charge < -0.3 is 14.8 Å². The number of benzene rings is 1. The first kappa shape index (κ1) is 15.6. The number of rotatable bonds is 4. The molecule has 7 heteroatoms. The molecule has 4 rings (SSSR count). The minimum Gasteiger partial charge on any atom is -0.372 e. The molecule has 3 aromatic rings. The Balaban J connectivity index is 1.56. The summed E-state index contributed by atoms with van der Waals surface area (Å²) in [6, 6.07) is 7.84. The van der Waals surface area contributed by atoms with Gasteiger partial charge in [0.2, 0.25) is 5.91 Å². The fraction of sp³-hybridized carbons (Fsp3) is 0.333. The maximum Gasteiger partial charge on any atom is 0.243 e. The van der Waals surface area contributed by atoms with Crippen LogP contribution in [0.1, 0.15) is 24.6 Å². The summed E-state index contributed by atoms with van der Waals surface area (Å²) in [4.78, 5) is 28.0. The van der Waals surface area contributed by atoms with E-state index in [1.165, 1.54) is 0 Å². The van der Waals surface area contributed by atoms with Crippen molar-refractivity contribution in [1.82, 2.24) is 24.4 Å². The largest absolute Gasteiger partial charge is 0.372 e. The Hall–Kier alpha value is -2.96. The lowest BCUT2D eigenvalue weighted by molar-refractivity contribution is -0.132. The van der Waals surface area contributed by atoms with Crippen LogP contribution in [0.25, 0.3) is 11.0 Å². The van der Waals surface area contributed by atoms with Crippen LogP contribution in [-0.2, 0) is 11.3 Å². The number of para-hydroxylation sites is 2. The monoisotopic (exact) mass is 336 g/mol. The van der Waals surface area contributed by atoms with E-state index in [1.54, 1.807) is 18.7 Å². The topological polar surface area (TPSA) is 75.9 Å². The fourth-order valence-electron chi connectivity index (χ4n) is 3.41. The van der Waals surface area contributed by atoms with Crippen molar-refractivity contribution in [1.29, 1.82) is 0 Å². The number of carbonyl (C=O) groups excluding carboxylic acids is 1. The molecule has 1 aliphatic heterocycles. The van der Waals surface area contributed by atoms with Gasteiger partial charge in [-0.3, -0.25) is 9.78 Å². The van der Waals surface area contributed by atoms with Crippen molar-refractivity contribution in [2.45, 2.75) is 25.4 Å². The molecule has 0 aliphatic carbocycles. The first-order chi connectivity index (χ1) is 12.3. The van der Waals surface area contributed by atoms with E-state index in [-0.39, 0.29) is 18.5 Å². The number of imidazole rings is 1. The number of carbonyl (C=O) groups is 1. The average molecular weight is 336 g/mol. The number of nitrogens with zero attached hydrogens (tertiary/aromatic N) is 5. The van der Waals surface area contributed by atoms with Gasteiger partial charge in [-0.2, -0.15) is 0 Å². The summed E-state index contributed by atoms with van der Waals surface area (Å²) in [5, 5.41) is 3.00. The molecule has 1 amide bonds. The van der Waals surface area contributed by atoms with Crippen LogP contribution in [0.5, 0.6) is 0 Å². The predicted molar refractivity (Wildman–Crippen MR) is 95.0 cm³/mol. The van der Waals surface area contributed by atoms with Gasteiger partial charge in [0.25, 0.3) is 0 Å². The summed E-state index contributed by atoms with van der Waals surface area (Å²) in [5.74, 6) is 0.805. The summed E-state index contributed by atoms with van der Waals surface area (Å²) >= 11 is 0. The van der Waals surface area contributed by atoms with Gasteiger partial charge in [0.05, 0.1) is 41.5 Å². The summed E-state index contributed by atoms with van der Waals surface area (Å²) in [5.41, 5.74) is 2.72. The Kier molecular flexibility index (Phi) is 4.05. The molecule has 1 atom stereocenters. The molecule has 25 heavy (non-hydrogen) atoms. The van der Waals surface area contributed by atoms with E-state index in [4.69, 9.17) is 0 Å². The van der Waals surface area contributed by atoms with Gasteiger partial charge in [-0.15, -0.1) is 0 Å². The molecule has 1 N–H and O–H groups in total. The lowest BCUT2D eigenvalue weighted by atomic mass is 10.1. The van der Waals surface area contributed by atoms with Crippen molar-refractivity contribution >= 4 is 22.8 Å². The second-order valence-corrected chi connectivity index (χ2v) is 6.19. The van der Waals surface area contributed by atoms with Crippen LogP contribution >= 0.6 is 0 Å². The van der Waals surface area contributed by atoms with Crippen LogP contribution < -0.4 is 5.32 Å². The highest BCUT2D eigenvalue weighted by molar-refractivity contribution is 5.81. The Labute approximate surface area is 145 Å². The predicted octanol–water partition coefficient (Wildman–Crippen LogP) is 2.23. The SMILES string of the molecule is CNc1cncc([C@@H]2CCCN2C(=O)Cn2cnc3ccccc32)n1. The van der Waals surface area contributed by atoms with Gasteiger partial charge in [0.1, 0.15) is 12.4 Å². The van der Waals surface area contributed by atoms with Gasteiger partial charge in [0.15, 0.2) is 0 Å². The Morgan fingerprint density at radius 1 is 1.32 bits per heavy atom. The van der Waals surface area contributed by atoms with E-state index >= 15 is 0 Å². The van der Waals surface area contributed by atoms with Gasteiger partial charge in [-0.25, -0.2) is 9.97 Å². The van der Waals surface area contributed by atoms with E-state index in [0.717, 1.165) is 41.9 Å². The maximum atomic E-state index is 12.9. The number of hydrogen-bond acceptors (Lipinski definition) is 5. The van der Waals surface area contributed by atoms with Crippen LogP contribution in [0.4, 0.5) is 5.82 Å². The quantitative estimate of drug-likeness (QED) is 0.791. The van der Waals surface area contributed by atoms with Gasteiger partial charge >= 0.3 is 0 Å². The van der Waals surface area contributed by atoms with E-state index in [2.05, 4.69) is 20.3 Å². The molecule has 7 nitrogen and oxygen atoms in total. The zero-order chi connectivity index (χ0) is 17.2. The fourth-order valence-corrected chi connectivity index (χ4v) is 3.41. The van der Waals surface area contributed by atoms with Crippen molar-refractivity contribution in [3.63, 3.8) is 0 Å². The molecular formula is C18H20N6O. The Bertz CT molecular complexity index is 905. The van der Waals surface area contributed by atoms with Crippen molar-refractivity contribution in [3.05, 3.63) is 48.7 Å². The van der Waals surface area contributed by atoms with E-state index in [0.29, 0.717) is 0 Å². The summed E-state index contributed by atoms with van der Waals surface area (Å²) in [6.45, 7) is 1.04. The zero-order valence-corrected chi connectivity index (χ0v) is 14.1. The van der Waals surface area contributed by atoms with E-state index < -0.39 is 0 Å². The second kappa shape index (κ2) is 6.51. The highest BCUT2D eigenvalue weighted by atomic mass is 16.2. The average Bonchev–Trinajstić information content (AvgIpc) is 3.29. The van der Waals surface area contributed by atoms with Crippen LogP contribution in [0.15, 0.2) is 43.0 Å². The number of anilines is 1. The molecule has 2 aromatic heterocycles. The Morgan fingerprint density at radius 3 is 3.08 bits per heavy atom. The van der Waals surface area contributed by atoms with Crippen molar-refractivity contribution < 1.29 is 4.79 Å². The first-order valence-electron chi connectivity index (χ1n) is 8.45. The third kappa shape index (κ3) is 2.93. The summed E-state index contributed by atoms with van der Waals surface area (Å²) in [6.07, 6.45) is 7.06. The molecule has 1 aliphatic rings. The number of hydrogen-bond donors (Lipinski definition) is 1. The van der Waals surface area contributed by atoms with Crippen molar-refractivity contribution in [2.24, 2.45) is 0 Å². The third-order valence-corrected chi connectivity index (χ3v) is 4.66. The normalized spacial score (nSPS) is 17.2. The Morgan fingerprint density at radius 2 is 2.20 bits per heavy atom. The zero-order valence-electron chi connectivity index (χ0n) is 14.1. The number of amides is 1. The molecule has 128 valence electrons. The highest BCUT2D eigenvalue weighted by Gasteiger charge is 2.31. The number of aromatic nitrogens is 4. The molecular weight excluding hydrogens is 316 g/mol. The standard InChI is InChI=1S/C18H20N6O/c1-19-17-10-20-9-14(22-17)16-7-4-8-24(16)18(25)11-23-12-21-13-5-2-3-6-15(13)23/h2-3,5-6,9-10,12,16H,4,7-8,11H2,1H3,(H,19,22)/t16-/m0/s1. The van der Waals surface area contributed by atoms with Crippen molar-refractivity contribution in [2.75, 3.05) is 18.9 Å². The van der Waals surface area contributed by atoms with Crippen LogP contribution in [0.3, 0.4) is 0 Å². The molecule has 0 saturated carbocycles. The molecule has 1 fully saturated rings. The maximum absolute atomic E-state index is 12.9. The number of nitrogens with one attached hydrogen (secondary N) is 1. The third-order valence-electron chi connectivity index (χ3n) is 4.66. The summed E-state index contributed by atoms with van der Waals surface area (Å²) in [7, 11) is 1.81. The van der Waals surface area contributed by atoms with Crippen LogP contribution in [0.2, 0.25) is 0 Å². The van der Waals surface area contributed by atoms with Crippen molar-refractivity contribution in [3.8, 4) is 0 Å². The molecule has 0 unspecified atom stereocenters. The van der Waals surface area contributed by atoms with Gasteiger partial charge in [-0.1, -0.05) is 12.1 Å². The molecule has 1 saturated heterocycles. The lowest BCUT2D eigenvalue weighted by Crippen LogP contribution is -2.33. The smallest absolute Gasteiger partial charge is 0.243 e. The molecule has 0 spiro atoms. The lowest BCUT2D eigenvalue weighted by Gasteiger charge is -2.24. The van der Waals surface area contributed by atoms with Gasteiger partial charge in [0, 0.05) is 13.6 Å². The number of likely N-dealkylation sites (tertiary alicyclic amines) is 1. The highest BCUT2D eigenvalue weighted by Crippen LogP contribution is 2.31. The molecule has 3 heterocycles. The minimum atomic E-state index is -0.0110. The second-order valence-electron chi connectivity index (χ2n) is 6.19.